The molecule has 0 spiro atoms. The van der Waals surface area contributed by atoms with E-state index < -0.39 is 11.8 Å². The maximum atomic E-state index is 12.9. The molecule has 9 nitrogen and oxygen atoms in total. The molecule has 0 atom stereocenters. The number of nitrogen functional groups attached to an aromatic ring is 1. The third kappa shape index (κ3) is 3.85. The summed E-state index contributed by atoms with van der Waals surface area (Å²) in [5.74, 6) is -1.25. The Bertz CT molecular complexity index is 1190. The van der Waals surface area contributed by atoms with Crippen molar-refractivity contribution in [3.63, 3.8) is 0 Å². The van der Waals surface area contributed by atoms with Crippen LogP contribution in [-0.2, 0) is 0 Å². The second-order valence-corrected chi connectivity index (χ2v) is 6.24. The maximum absolute atomic E-state index is 12.9. The summed E-state index contributed by atoms with van der Waals surface area (Å²) in [5.41, 5.74) is 12.6. The SMILES string of the molecule is Nc1nccnc1C(=O)NNC(=O)c1cn(-c2ccccc2)nc1-c1ccccc1. The van der Waals surface area contributed by atoms with E-state index in [1.165, 1.54) is 12.4 Å². The van der Waals surface area contributed by atoms with E-state index in [4.69, 9.17) is 5.73 Å². The molecule has 4 N–H and O–H groups in total. The van der Waals surface area contributed by atoms with Crippen LogP contribution in [0.2, 0.25) is 0 Å². The number of nitrogens with one attached hydrogen (secondary N) is 2. The van der Waals surface area contributed by atoms with E-state index in [0.29, 0.717) is 5.69 Å². The van der Waals surface area contributed by atoms with Crippen molar-refractivity contribution in [2.45, 2.75) is 0 Å². The van der Waals surface area contributed by atoms with Crippen molar-refractivity contribution in [2.75, 3.05) is 5.73 Å². The standard InChI is InChI=1S/C21H17N7O2/c22-19-18(23-11-12-24-19)21(30)26-25-20(29)16-13-28(15-9-5-2-6-10-15)27-17(16)14-7-3-1-4-8-14/h1-13H,(H2,22,24)(H,25,29)(H,26,30). The monoisotopic (exact) mass is 399 g/mol. The first kappa shape index (κ1) is 18.8. The van der Waals surface area contributed by atoms with Gasteiger partial charge < -0.3 is 5.73 Å². The van der Waals surface area contributed by atoms with E-state index >= 15 is 0 Å². The highest BCUT2D eigenvalue weighted by Gasteiger charge is 2.20. The second kappa shape index (κ2) is 8.23. The van der Waals surface area contributed by atoms with Gasteiger partial charge in [-0.1, -0.05) is 48.5 Å². The quantitative estimate of drug-likeness (QED) is 0.450. The lowest BCUT2D eigenvalue weighted by atomic mass is 10.1. The predicted molar refractivity (Wildman–Crippen MR) is 110 cm³/mol. The topological polar surface area (TPSA) is 128 Å². The number of hydrazine groups is 1. The third-order valence-electron chi connectivity index (χ3n) is 4.26. The normalized spacial score (nSPS) is 10.4. The fourth-order valence-corrected chi connectivity index (χ4v) is 2.83. The summed E-state index contributed by atoms with van der Waals surface area (Å²) in [6.45, 7) is 0. The highest BCUT2D eigenvalue weighted by Crippen LogP contribution is 2.23. The molecule has 2 heterocycles. The average molecular weight is 399 g/mol. The minimum Gasteiger partial charge on any atom is -0.382 e. The Hall–Kier alpha value is -4.53. The zero-order chi connectivity index (χ0) is 20.9. The highest BCUT2D eigenvalue weighted by molar-refractivity contribution is 6.02. The molecule has 0 bridgehead atoms. The molecule has 0 aliphatic carbocycles. The molecule has 148 valence electrons. The van der Waals surface area contributed by atoms with Crippen LogP contribution in [0.1, 0.15) is 20.8 Å². The largest absolute Gasteiger partial charge is 0.382 e. The van der Waals surface area contributed by atoms with E-state index in [9.17, 15) is 9.59 Å². The number of nitrogens with two attached hydrogens (primary N) is 1. The van der Waals surface area contributed by atoms with E-state index in [2.05, 4.69) is 25.9 Å². The molecule has 2 aromatic heterocycles. The molecule has 4 aromatic rings. The lowest BCUT2D eigenvalue weighted by molar-refractivity contribution is 0.0844. The molecule has 30 heavy (non-hydrogen) atoms. The summed E-state index contributed by atoms with van der Waals surface area (Å²) < 4.78 is 1.61. The van der Waals surface area contributed by atoms with Gasteiger partial charge in [0.2, 0.25) is 0 Å². The predicted octanol–water partition coefficient (Wildman–Crippen LogP) is 1.99. The summed E-state index contributed by atoms with van der Waals surface area (Å²) in [7, 11) is 0. The molecule has 0 aliphatic heterocycles. The van der Waals surface area contributed by atoms with Crippen LogP contribution in [0.4, 0.5) is 5.82 Å². The first-order chi connectivity index (χ1) is 14.6. The number of hydrogen-bond donors (Lipinski definition) is 3. The minimum absolute atomic E-state index is 0.0360. The van der Waals surface area contributed by atoms with Crippen molar-refractivity contribution in [1.82, 2.24) is 30.6 Å². The summed E-state index contributed by atoms with van der Waals surface area (Å²) in [6.07, 6.45) is 4.31. The fourth-order valence-electron chi connectivity index (χ4n) is 2.83. The molecule has 0 saturated carbocycles. The molecule has 2 aromatic carbocycles. The molecule has 2 amide bonds. The van der Waals surface area contributed by atoms with Gasteiger partial charge in [0.15, 0.2) is 11.5 Å². The Balaban J connectivity index is 1.62. The number of para-hydroxylation sites is 1. The molecular formula is C21H17N7O2. The second-order valence-electron chi connectivity index (χ2n) is 6.24. The van der Waals surface area contributed by atoms with Crippen LogP contribution in [0, 0.1) is 0 Å². The van der Waals surface area contributed by atoms with Crippen LogP contribution in [-0.4, -0.2) is 31.6 Å². The Morgan fingerprint density at radius 1 is 0.833 bits per heavy atom. The van der Waals surface area contributed by atoms with Gasteiger partial charge in [-0.3, -0.25) is 20.4 Å². The number of hydrogen-bond acceptors (Lipinski definition) is 6. The number of carbonyl (C=O) groups is 2. The molecule has 0 saturated heterocycles. The van der Waals surface area contributed by atoms with E-state index in [1.807, 2.05) is 60.7 Å². The van der Waals surface area contributed by atoms with Gasteiger partial charge in [0.05, 0.1) is 11.3 Å². The molecule has 4 rings (SSSR count). The number of aromatic nitrogens is 4. The zero-order valence-electron chi connectivity index (χ0n) is 15.7. The molecule has 9 heteroatoms. The van der Waals surface area contributed by atoms with E-state index in [0.717, 1.165) is 11.3 Å². The van der Waals surface area contributed by atoms with Crippen molar-refractivity contribution >= 4 is 17.6 Å². The molecule has 0 fully saturated rings. The maximum Gasteiger partial charge on any atom is 0.292 e. The Morgan fingerprint density at radius 2 is 1.47 bits per heavy atom. The Labute approximate surface area is 171 Å². The van der Waals surface area contributed by atoms with E-state index in [1.54, 1.807) is 10.9 Å². The molecule has 0 aliphatic rings. The zero-order valence-corrected chi connectivity index (χ0v) is 15.7. The number of carbonyl (C=O) groups excluding carboxylic acids is 2. The summed E-state index contributed by atoms with van der Waals surface area (Å²) in [4.78, 5) is 32.8. The van der Waals surface area contributed by atoms with Crippen LogP contribution in [0.15, 0.2) is 79.3 Å². The molecular weight excluding hydrogens is 382 g/mol. The van der Waals surface area contributed by atoms with Crippen LogP contribution in [0.5, 0.6) is 0 Å². The van der Waals surface area contributed by atoms with Crippen LogP contribution in [0.3, 0.4) is 0 Å². The van der Waals surface area contributed by atoms with Gasteiger partial charge in [-0.05, 0) is 12.1 Å². The average Bonchev–Trinajstić information content (AvgIpc) is 3.24. The first-order valence-corrected chi connectivity index (χ1v) is 9.01. The number of nitrogens with zero attached hydrogens (tertiary/aromatic N) is 4. The van der Waals surface area contributed by atoms with Gasteiger partial charge >= 0.3 is 0 Å². The van der Waals surface area contributed by atoms with Gasteiger partial charge in [-0.2, -0.15) is 5.10 Å². The molecule has 0 radical (unpaired) electrons. The summed E-state index contributed by atoms with van der Waals surface area (Å²) in [6, 6.07) is 18.7. The van der Waals surface area contributed by atoms with Crippen molar-refractivity contribution in [2.24, 2.45) is 0 Å². The first-order valence-electron chi connectivity index (χ1n) is 9.01. The number of amides is 2. The lowest BCUT2D eigenvalue weighted by Gasteiger charge is -2.07. The van der Waals surface area contributed by atoms with Gasteiger partial charge in [0.25, 0.3) is 11.8 Å². The number of rotatable bonds is 4. The van der Waals surface area contributed by atoms with Crippen LogP contribution in [0.25, 0.3) is 16.9 Å². The van der Waals surface area contributed by atoms with Crippen LogP contribution < -0.4 is 16.6 Å². The smallest absolute Gasteiger partial charge is 0.292 e. The van der Waals surface area contributed by atoms with Crippen molar-refractivity contribution in [1.29, 1.82) is 0 Å². The van der Waals surface area contributed by atoms with E-state index in [-0.39, 0.29) is 17.1 Å². The molecule has 0 unspecified atom stereocenters. The van der Waals surface area contributed by atoms with Crippen molar-refractivity contribution in [3.8, 4) is 16.9 Å². The Kier molecular flexibility index (Phi) is 5.16. The highest BCUT2D eigenvalue weighted by atomic mass is 16.2. The fraction of sp³-hybridized carbons (Fsp3) is 0. The van der Waals surface area contributed by atoms with Gasteiger partial charge in [-0.25, -0.2) is 14.6 Å². The Morgan fingerprint density at radius 3 is 2.17 bits per heavy atom. The van der Waals surface area contributed by atoms with Gasteiger partial charge in [0.1, 0.15) is 5.69 Å². The van der Waals surface area contributed by atoms with Crippen molar-refractivity contribution < 1.29 is 9.59 Å². The van der Waals surface area contributed by atoms with Crippen LogP contribution >= 0.6 is 0 Å². The van der Waals surface area contributed by atoms with Gasteiger partial charge in [0, 0.05) is 24.2 Å². The number of anilines is 1. The third-order valence-corrected chi connectivity index (χ3v) is 4.26. The minimum atomic E-state index is -0.675. The lowest BCUT2D eigenvalue weighted by Crippen LogP contribution is -2.42. The van der Waals surface area contributed by atoms with Crippen molar-refractivity contribution in [3.05, 3.63) is 90.5 Å². The van der Waals surface area contributed by atoms with Gasteiger partial charge in [-0.15, -0.1) is 0 Å². The summed E-state index contributed by atoms with van der Waals surface area (Å²) >= 11 is 0. The number of benzene rings is 2. The summed E-state index contributed by atoms with van der Waals surface area (Å²) in [5, 5.41) is 4.57.